The van der Waals surface area contributed by atoms with Crippen molar-refractivity contribution in [3.63, 3.8) is 0 Å². The molecular formula is C20H27N3O. The molecule has 24 heavy (non-hydrogen) atoms. The maximum atomic E-state index is 12.1. The summed E-state index contributed by atoms with van der Waals surface area (Å²) in [7, 11) is 0. The van der Waals surface area contributed by atoms with Crippen molar-refractivity contribution in [2.45, 2.75) is 70.4 Å². The molecule has 4 rings (SSSR count). The number of carbonyl (C=O) groups is 1. The number of nitrogens with one attached hydrogen (secondary N) is 3. The van der Waals surface area contributed by atoms with E-state index in [-0.39, 0.29) is 6.03 Å². The molecule has 0 atom stereocenters. The van der Waals surface area contributed by atoms with Gasteiger partial charge < -0.3 is 15.6 Å². The fourth-order valence-electron chi connectivity index (χ4n) is 4.23. The zero-order valence-corrected chi connectivity index (χ0v) is 14.3. The second-order valence-electron chi connectivity index (χ2n) is 7.33. The monoisotopic (exact) mass is 325 g/mol. The second-order valence-corrected chi connectivity index (χ2v) is 7.33. The summed E-state index contributed by atoms with van der Waals surface area (Å²) in [5, 5.41) is 7.48. The predicted octanol–water partition coefficient (Wildman–Crippen LogP) is 4.18. The normalized spacial score (nSPS) is 18.3. The van der Waals surface area contributed by atoms with E-state index in [0.717, 1.165) is 12.8 Å². The summed E-state index contributed by atoms with van der Waals surface area (Å²) in [5.74, 6) is 0. The van der Waals surface area contributed by atoms with Crippen LogP contribution in [0, 0.1) is 0 Å². The Morgan fingerprint density at radius 1 is 1.08 bits per heavy atom. The average Bonchev–Trinajstić information content (AvgIpc) is 2.99. The molecule has 1 heterocycles. The van der Waals surface area contributed by atoms with Gasteiger partial charge in [0.2, 0.25) is 0 Å². The molecule has 0 unspecified atom stereocenters. The van der Waals surface area contributed by atoms with Gasteiger partial charge >= 0.3 is 6.03 Å². The second kappa shape index (κ2) is 6.88. The van der Waals surface area contributed by atoms with Crippen molar-refractivity contribution in [3.05, 3.63) is 35.0 Å². The number of benzene rings is 1. The smallest absolute Gasteiger partial charge is 0.315 e. The molecule has 1 saturated carbocycles. The van der Waals surface area contributed by atoms with E-state index in [4.69, 9.17) is 0 Å². The molecule has 0 aliphatic heterocycles. The van der Waals surface area contributed by atoms with Gasteiger partial charge in [0.1, 0.15) is 0 Å². The van der Waals surface area contributed by atoms with E-state index in [1.165, 1.54) is 72.7 Å². The van der Waals surface area contributed by atoms with E-state index in [2.05, 4.69) is 33.8 Å². The van der Waals surface area contributed by atoms with E-state index in [9.17, 15) is 4.79 Å². The Labute approximate surface area is 143 Å². The van der Waals surface area contributed by atoms with Crippen LogP contribution < -0.4 is 10.6 Å². The van der Waals surface area contributed by atoms with Gasteiger partial charge in [0, 0.05) is 29.2 Å². The number of aryl methyl sites for hydroxylation is 2. The Kier molecular flexibility index (Phi) is 4.46. The molecule has 1 fully saturated rings. The van der Waals surface area contributed by atoms with E-state index in [1.807, 2.05) is 0 Å². The highest BCUT2D eigenvalue weighted by atomic mass is 16.2. The lowest BCUT2D eigenvalue weighted by Gasteiger charge is -2.22. The molecule has 4 nitrogen and oxygen atoms in total. The fraction of sp³-hybridized carbons (Fsp3) is 0.550. The number of hydrogen-bond donors (Lipinski definition) is 3. The number of amides is 2. The van der Waals surface area contributed by atoms with Crippen LogP contribution in [0.5, 0.6) is 0 Å². The van der Waals surface area contributed by atoms with Crippen LogP contribution in [0.4, 0.5) is 4.79 Å². The number of rotatable bonds is 3. The van der Waals surface area contributed by atoms with Crippen molar-refractivity contribution >= 4 is 16.9 Å². The molecule has 2 aliphatic carbocycles. The zero-order chi connectivity index (χ0) is 16.4. The third kappa shape index (κ3) is 3.28. The molecule has 0 saturated heterocycles. The minimum Gasteiger partial charge on any atom is -0.358 e. The highest BCUT2D eigenvalue weighted by molar-refractivity contribution is 5.85. The van der Waals surface area contributed by atoms with E-state index >= 15 is 0 Å². The summed E-state index contributed by atoms with van der Waals surface area (Å²) in [6.45, 7) is 0.592. The van der Waals surface area contributed by atoms with Crippen molar-refractivity contribution < 1.29 is 4.79 Å². The van der Waals surface area contributed by atoms with Crippen molar-refractivity contribution in [2.75, 3.05) is 0 Å². The molecule has 2 aliphatic rings. The van der Waals surface area contributed by atoms with Crippen LogP contribution in [0.1, 0.15) is 61.8 Å². The van der Waals surface area contributed by atoms with Gasteiger partial charge in [-0.3, -0.25) is 0 Å². The molecule has 0 radical (unpaired) electrons. The van der Waals surface area contributed by atoms with E-state index in [0.29, 0.717) is 12.6 Å². The van der Waals surface area contributed by atoms with Crippen molar-refractivity contribution in [1.29, 1.82) is 0 Å². The van der Waals surface area contributed by atoms with Gasteiger partial charge in [-0.05, 0) is 61.8 Å². The van der Waals surface area contributed by atoms with Crippen LogP contribution >= 0.6 is 0 Å². The van der Waals surface area contributed by atoms with Crippen LogP contribution in [-0.4, -0.2) is 17.1 Å². The first-order valence-electron chi connectivity index (χ1n) is 9.46. The first-order valence-corrected chi connectivity index (χ1v) is 9.46. The summed E-state index contributed by atoms with van der Waals surface area (Å²) in [4.78, 5) is 15.7. The Morgan fingerprint density at radius 3 is 2.79 bits per heavy atom. The molecule has 3 N–H and O–H groups in total. The Bertz CT molecular complexity index is 728. The molecule has 2 aromatic rings. The fourth-order valence-corrected chi connectivity index (χ4v) is 4.23. The highest BCUT2D eigenvalue weighted by Crippen LogP contribution is 2.29. The highest BCUT2D eigenvalue weighted by Gasteiger charge is 2.17. The number of urea groups is 1. The van der Waals surface area contributed by atoms with Gasteiger partial charge in [0.05, 0.1) is 0 Å². The number of fused-ring (bicyclic) bond motifs is 3. The largest absolute Gasteiger partial charge is 0.358 e. The van der Waals surface area contributed by atoms with Gasteiger partial charge in [-0.15, -0.1) is 0 Å². The molecule has 0 spiro atoms. The summed E-state index contributed by atoms with van der Waals surface area (Å²) < 4.78 is 0. The van der Waals surface area contributed by atoms with Crippen LogP contribution in [0.3, 0.4) is 0 Å². The first-order chi connectivity index (χ1) is 11.8. The zero-order valence-electron chi connectivity index (χ0n) is 14.3. The molecule has 0 bridgehead atoms. The maximum absolute atomic E-state index is 12.1. The number of aromatic nitrogens is 1. The standard InChI is InChI=1S/C20H27N3O/c24-20(22-15-6-2-1-3-7-15)21-13-14-10-11-19-17(12-14)16-8-4-5-9-18(16)23-19/h10-12,15,23H,1-9,13H2,(H2,21,22,24). The van der Waals surface area contributed by atoms with E-state index in [1.54, 1.807) is 0 Å². The van der Waals surface area contributed by atoms with Gasteiger partial charge in [-0.1, -0.05) is 25.3 Å². The lowest BCUT2D eigenvalue weighted by molar-refractivity contribution is 0.232. The van der Waals surface area contributed by atoms with Crippen LogP contribution in [-0.2, 0) is 19.4 Å². The van der Waals surface area contributed by atoms with Crippen LogP contribution in [0.15, 0.2) is 18.2 Å². The SMILES string of the molecule is O=C(NCc1ccc2[nH]c3c(c2c1)CCCC3)NC1CCCCC1. The van der Waals surface area contributed by atoms with Crippen LogP contribution in [0.2, 0.25) is 0 Å². The molecule has 1 aromatic heterocycles. The Balaban J connectivity index is 1.40. The molecule has 2 amide bonds. The third-order valence-corrected chi connectivity index (χ3v) is 5.56. The summed E-state index contributed by atoms with van der Waals surface area (Å²) in [6.07, 6.45) is 10.9. The Hall–Kier alpha value is -1.97. The van der Waals surface area contributed by atoms with Crippen molar-refractivity contribution in [1.82, 2.24) is 15.6 Å². The molecular weight excluding hydrogens is 298 g/mol. The maximum Gasteiger partial charge on any atom is 0.315 e. The topological polar surface area (TPSA) is 56.9 Å². The van der Waals surface area contributed by atoms with Gasteiger partial charge in [0.25, 0.3) is 0 Å². The van der Waals surface area contributed by atoms with Crippen molar-refractivity contribution in [3.8, 4) is 0 Å². The number of carbonyl (C=O) groups excluding carboxylic acids is 1. The van der Waals surface area contributed by atoms with E-state index < -0.39 is 0 Å². The lowest BCUT2D eigenvalue weighted by atomic mass is 9.95. The number of hydrogen-bond acceptors (Lipinski definition) is 1. The minimum absolute atomic E-state index is 0.0295. The minimum atomic E-state index is -0.0295. The van der Waals surface area contributed by atoms with Gasteiger partial charge in [-0.2, -0.15) is 0 Å². The predicted molar refractivity (Wildman–Crippen MR) is 97.2 cm³/mol. The Morgan fingerprint density at radius 2 is 1.92 bits per heavy atom. The summed E-state index contributed by atoms with van der Waals surface area (Å²) in [6, 6.07) is 6.85. The molecule has 128 valence electrons. The quantitative estimate of drug-likeness (QED) is 0.779. The summed E-state index contributed by atoms with van der Waals surface area (Å²) in [5.41, 5.74) is 5.31. The third-order valence-electron chi connectivity index (χ3n) is 5.56. The lowest BCUT2D eigenvalue weighted by Crippen LogP contribution is -2.42. The summed E-state index contributed by atoms with van der Waals surface area (Å²) >= 11 is 0. The van der Waals surface area contributed by atoms with Gasteiger partial charge in [0.15, 0.2) is 0 Å². The average molecular weight is 325 g/mol. The number of aromatic amines is 1. The van der Waals surface area contributed by atoms with Crippen LogP contribution in [0.25, 0.3) is 10.9 Å². The molecule has 4 heteroatoms. The van der Waals surface area contributed by atoms with Gasteiger partial charge in [-0.25, -0.2) is 4.79 Å². The molecule has 1 aromatic carbocycles. The first kappa shape index (κ1) is 15.6. The number of H-pyrrole nitrogens is 1. The van der Waals surface area contributed by atoms with Crippen molar-refractivity contribution in [2.24, 2.45) is 0 Å².